The summed E-state index contributed by atoms with van der Waals surface area (Å²) >= 11 is 0. The molecule has 0 bridgehead atoms. The van der Waals surface area contributed by atoms with Crippen molar-refractivity contribution in [3.8, 4) is 6.07 Å². The normalized spacial score (nSPS) is 19.1. The van der Waals surface area contributed by atoms with Crippen LogP contribution >= 0.6 is 0 Å². The van der Waals surface area contributed by atoms with Crippen LogP contribution in [-0.2, 0) is 9.59 Å². The van der Waals surface area contributed by atoms with Gasteiger partial charge < -0.3 is 0 Å². The van der Waals surface area contributed by atoms with Gasteiger partial charge in [0.25, 0.3) is 5.91 Å². The molecule has 0 aromatic rings. The highest BCUT2D eigenvalue weighted by molar-refractivity contribution is 6.17. The summed E-state index contributed by atoms with van der Waals surface area (Å²) in [6, 6.07) is 0.878. The number of urea groups is 1. The fourth-order valence-electron chi connectivity index (χ4n) is 1.10. The second-order valence-electron chi connectivity index (χ2n) is 2.66. The van der Waals surface area contributed by atoms with Gasteiger partial charge in [0, 0.05) is 20.0 Å². The summed E-state index contributed by atoms with van der Waals surface area (Å²) in [5.41, 5.74) is -0.201. The molecule has 72 valence electrons. The number of carbonyl (C=O) groups is 3. The molecule has 0 saturated carbocycles. The molecule has 0 radical (unpaired) electrons. The molecule has 4 amide bonds. The lowest BCUT2D eigenvalue weighted by Crippen LogP contribution is -2.32. The average molecular weight is 193 g/mol. The highest BCUT2D eigenvalue weighted by Crippen LogP contribution is 2.19. The number of allylic oxidation sites excluding steroid dienone is 1. The zero-order valence-electron chi connectivity index (χ0n) is 7.64. The Morgan fingerprint density at radius 3 is 2.50 bits per heavy atom. The van der Waals surface area contributed by atoms with Gasteiger partial charge in [0.05, 0.1) is 6.07 Å². The molecule has 0 unspecified atom stereocenters. The topological polar surface area (TPSA) is 81.5 Å². The number of rotatable bonds is 0. The van der Waals surface area contributed by atoms with Crippen LogP contribution in [0.5, 0.6) is 0 Å². The van der Waals surface area contributed by atoms with Crippen molar-refractivity contribution in [3.05, 3.63) is 11.8 Å². The molecule has 0 spiro atoms. The molecule has 1 aliphatic heterocycles. The SMILES string of the molecule is CC(=O)N1C(=O)N(C)C(=O)/C1=C/C#N. The van der Waals surface area contributed by atoms with E-state index in [1.807, 2.05) is 0 Å². The van der Waals surface area contributed by atoms with Crippen LogP contribution in [0.4, 0.5) is 4.79 Å². The molecule has 0 aromatic carbocycles. The summed E-state index contributed by atoms with van der Waals surface area (Å²) in [6.07, 6.45) is 0.880. The first-order chi connectivity index (χ1) is 6.50. The number of nitriles is 1. The van der Waals surface area contributed by atoms with Crippen molar-refractivity contribution in [3.63, 3.8) is 0 Å². The van der Waals surface area contributed by atoms with Gasteiger partial charge in [0.2, 0.25) is 5.91 Å². The Morgan fingerprint density at radius 2 is 2.07 bits per heavy atom. The van der Waals surface area contributed by atoms with Crippen molar-refractivity contribution in [1.82, 2.24) is 9.80 Å². The van der Waals surface area contributed by atoms with Crippen LogP contribution in [0.1, 0.15) is 6.92 Å². The van der Waals surface area contributed by atoms with E-state index in [9.17, 15) is 14.4 Å². The maximum Gasteiger partial charge on any atom is 0.338 e. The summed E-state index contributed by atoms with van der Waals surface area (Å²) in [7, 11) is 1.25. The van der Waals surface area contributed by atoms with E-state index in [-0.39, 0.29) is 5.70 Å². The molecule has 1 aliphatic rings. The third kappa shape index (κ3) is 1.25. The fraction of sp³-hybridized carbons (Fsp3) is 0.250. The number of hydrogen-bond donors (Lipinski definition) is 0. The molecule has 1 saturated heterocycles. The molecule has 1 heterocycles. The number of likely N-dealkylation sites (N-methyl/N-ethyl adjacent to an activating group) is 1. The van der Waals surface area contributed by atoms with E-state index in [0.29, 0.717) is 4.90 Å². The number of hydrogen-bond acceptors (Lipinski definition) is 4. The smallest absolute Gasteiger partial charge is 0.274 e. The third-order valence-corrected chi connectivity index (χ3v) is 1.76. The first-order valence-corrected chi connectivity index (χ1v) is 3.73. The molecule has 0 aliphatic carbocycles. The van der Waals surface area contributed by atoms with Crippen LogP contribution in [0.2, 0.25) is 0 Å². The minimum atomic E-state index is -0.732. The Morgan fingerprint density at radius 1 is 1.50 bits per heavy atom. The number of imide groups is 2. The maximum absolute atomic E-state index is 11.3. The lowest BCUT2D eigenvalue weighted by atomic mass is 10.3. The Labute approximate surface area is 80.0 Å². The monoisotopic (exact) mass is 193 g/mol. The quantitative estimate of drug-likeness (QED) is 0.304. The lowest BCUT2D eigenvalue weighted by Gasteiger charge is -2.09. The predicted octanol–water partition coefficient (Wildman–Crippen LogP) is -0.166. The number of nitrogens with zero attached hydrogens (tertiary/aromatic N) is 3. The third-order valence-electron chi connectivity index (χ3n) is 1.76. The minimum Gasteiger partial charge on any atom is -0.274 e. The second kappa shape index (κ2) is 3.30. The van der Waals surface area contributed by atoms with Crippen molar-refractivity contribution in [2.75, 3.05) is 7.05 Å². The van der Waals surface area contributed by atoms with E-state index in [0.717, 1.165) is 17.9 Å². The molecule has 0 N–H and O–H groups in total. The van der Waals surface area contributed by atoms with Gasteiger partial charge in [0.1, 0.15) is 5.70 Å². The summed E-state index contributed by atoms with van der Waals surface area (Å²) < 4.78 is 0. The van der Waals surface area contributed by atoms with E-state index in [1.165, 1.54) is 7.05 Å². The zero-order chi connectivity index (χ0) is 10.9. The first kappa shape index (κ1) is 9.92. The van der Waals surface area contributed by atoms with Gasteiger partial charge in [-0.15, -0.1) is 0 Å². The van der Waals surface area contributed by atoms with Crippen LogP contribution in [0, 0.1) is 11.3 Å². The maximum atomic E-state index is 11.3. The van der Waals surface area contributed by atoms with Gasteiger partial charge in [-0.1, -0.05) is 0 Å². The van der Waals surface area contributed by atoms with E-state index < -0.39 is 17.8 Å². The second-order valence-corrected chi connectivity index (χ2v) is 2.66. The van der Waals surface area contributed by atoms with Crippen molar-refractivity contribution < 1.29 is 14.4 Å². The fourth-order valence-corrected chi connectivity index (χ4v) is 1.10. The van der Waals surface area contributed by atoms with E-state index in [2.05, 4.69) is 0 Å². The van der Waals surface area contributed by atoms with Crippen LogP contribution in [0.3, 0.4) is 0 Å². The highest BCUT2D eigenvalue weighted by atomic mass is 16.2. The van der Waals surface area contributed by atoms with Gasteiger partial charge in [-0.25, -0.2) is 9.69 Å². The molecule has 1 rings (SSSR count). The lowest BCUT2D eigenvalue weighted by molar-refractivity contribution is -0.126. The predicted molar refractivity (Wildman–Crippen MR) is 44.4 cm³/mol. The molecule has 1 fully saturated rings. The first-order valence-electron chi connectivity index (χ1n) is 3.73. The van der Waals surface area contributed by atoms with Crippen molar-refractivity contribution >= 4 is 17.8 Å². The highest BCUT2D eigenvalue weighted by Gasteiger charge is 2.40. The van der Waals surface area contributed by atoms with E-state index >= 15 is 0 Å². The molecular weight excluding hydrogens is 186 g/mol. The number of amides is 4. The average Bonchev–Trinajstić information content (AvgIpc) is 2.32. The molecule has 0 aromatic heterocycles. The molecule has 6 nitrogen and oxygen atoms in total. The Kier molecular flexibility index (Phi) is 2.34. The van der Waals surface area contributed by atoms with Gasteiger partial charge in [0.15, 0.2) is 0 Å². The molecular formula is C8H7N3O3. The van der Waals surface area contributed by atoms with E-state index in [1.54, 1.807) is 6.07 Å². The summed E-state index contributed by atoms with van der Waals surface area (Å²) in [4.78, 5) is 35.1. The van der Waals surface area contributed by atoms with Crippen LogP contribution in [-0.4, -0.2) is 34.7 Å². The number of carbonyl (C=O) groups excluding carboxylic acids is 3. The summed E-state index contributed by atoms with van der Waals surface area (Å²) in [5.74, 6) is -1.24. The molecule has 6 heteroatoms. The van der Waals surface area contributed by atoms with Gasteiger partial charge in [-0.05, 0) is 0 Å². The largest absolute Gasteiger partial charge is 0.338 e. The molecule has 14 heavy (non-hydrogen) atoms. The van der Waals surface area contributed by atoms with Gasteiger partial charge in [-0.2, -0.15) is 5.26 Å². The Balaban J connectivity index is 3.23. The Hall–Kier alpha value is -2.16. The summed E-state index contributed by atoms with van der Waals surface area (Å²) in [6.45, 7) is 1.15. The van der Waals surface area contributed by atoms with Crippen LogP contribution in [0.15, 0.2) is 11.8 Å². The van der Waals surface area contributed by atoms with Gasteiger partial charge in [-0.3, -0.25) is 14.5 Å². The standard InChI is InChI=1S/C8H7N3O3/c1-5(12)11-6(3-4-9)7(13)10(2)8(11)14/h3H,1-2H3/b6-3-. The zero-order valence-corrected chi connectivity index (χ0v) is 7.64. The van der Waals surface area contributed by atoms with E-state index in [4.69, 9.17) is 5.26 Å². The van der Waals surface area contributed by atoms with Crippen molar-refractivity contribution in [1.29, 1.82) is 5.26 Å². The van der Waals surface area contributed by atoms with Gasteiger partial charge >= 0.3 is 6.03 Å². The van der Waals surface area contributed by atoms with Crippen LogP contribution in [0.25, 0.3) is 0 Å². The minimum absolute atomic E-state index is 0.201. The van der Waals surface area contributed by atoms with Crippen molar-refractivity contribution in [2.24, 2.45) is 0 Å². The Bertz CT molecular complexity index is 391. The summed E-state index contributed by atoms with van der Waals surface area (Å²) in [5, 5.41) is 8.37. The molecule has 0 atom stereocenters. The van der Waals surface area contributed by atoms with Crippen molar-refractivity contribution in [2.45, 2.75) is 6.92 Å². The van der Waals surface area contributed by atoms with Crippen LogP contribution < -0.4 is 0 Å².